The van der Waals surface area contributed by atoms with Crippen molar-refractivity contribution >= 4 is 0 Å². The number of hydrogen-bond acceptors (Lipinski definition) is 0. The lowest BCUT2D eigenvalue weighted by Crippen LogP contribution is -2.24. The molecule has 0 atom stereocenters. The van der Waals surface area contributed by atoms with Crippen LogP contribution in [0.1, 0.15) is 24.8 Å². The maximum absolute atomic E-state index is 5.42. The SMILES string of the molecule is C#CCC(CC#C)(CC#C)c1cc[c]cc1. The third-order valence-electron chi connectivity index (χ3n) is 2.65. The van der Waals surface area contributed by atoms with Gasteiger partial charge in [-0.3, -0.25) is 0 Å². The summed E-state index contributed by atoms with van der Waals surface area (Å²) in [5.74, 6) is 8.03. The molecule has 0 heteroatoms. The third-order valence-corrected chi connectivity index (χ3v) is 2.65. The second kappa shape index (κ2) is 5.70. The predicted octanol–water partition coefficient (Wildman–Crippen LogP) is 2.79. The van der Waals surface area contributed by atoms with Crippen molar-refractivity contribution in [2.24, 2.45) is 0 Å². The van der Waals surface area contributed by atoms with E-state index in [2.05, 4.69) is 23.8 Å². The smallest absolute Gasteiger partial charge is 0.0280 e. The molecule has 0 saturated carbocycles. The van der Waals surface area contributed by atoms with Crippen LogP contribution in [0, 0.1) is 43.1 Å². The van der Waals surface area contributed by atoms with Crippen LogP contribution in [0.2, 0.25) is 0 Å². The van der Waals surface area contributed by atoms with E-state index in [9.17, 15) is 0 Å². The number of hydrogen-bond donors (Lipinski definition) is 0. The van der Waals surface area contributed by atoms with Crippen LogP contribution in [0.4, 0.5) is 0 Å². The summed E-state index contributed by atoms with van der Waals surface area (Å²) in [5.41, 5.74) is 0.813. The van der Waals surface area contributed by atoms with Gasteiger partial charge in [-0.2, -0.15) is 0 Å². The van der Waals surface area contributed by atoms with Crippen molar-refractivity contribution in [3.8, 4) is 37.0 Å². The summed E-state index contributed by atoms with van der Waals surface area (Å²) in [6, 6.07) is 10.6. The van der Waals surface area contributed by atoms with E-state index in [1.807, 2.05) is 24.3 Å². The van der Waals surface area contributed by atoms with Crippen molar-refractivity contribution in [1.29, 1.82) is 0 Å². The van der Waals surface area contributed by atoms with Crippen molar-refractivity contribution < 1.29 is 0 Å². The number of terminal acetylenes is 3. The van der Waals surface area contributed by atoms with Gasteiger partial charge >= 0.3 is 0 Å². The number of rotatable bonds is 4. The van der Waals surface area contributed by atoms with Gasteiger partial charge in [-0.15, -0.1) is 37.0 Å². The van der Waals surface area contributed by atoms with E-state index < -0.39 is 0 Å². The van der Waals surface area contributed by atoms with E-state index in [4.69, 9.17) is 19.3 Å². The second-order valence-electron chi connectivity index (χ2n) is 3.71. The van der Waals surface area contributed by atoms with Gasteiger partial charge < -0.3 is 0 Å². The Kier molecular flexibility index (Phi) is 4.27. The predicted molar refractivity (Wildman–Crippen MR) is 67.3 cm³/mol. The van der Waals surface area contributed by atoms with Gasteiger partial charge in [0.05, 0.1) is 0 Å². The molecule has 77 valence electrons. The molecular weight excluding hydrogens is 192 g/mol. The third kappa shape index (κ3) is 2.48. The lowest BCUT2D eigenvalue weighted by Gasteiger charge is -2.28. The second-order valence-corrected chi connectivity index (χ2v) is 3.71. The molecular formula is C16H13. The van der Waals surface area contributed by atoms with Crippen molar-refractivity contribution in [1.82, 2.24) is 0 Å². The molecule has 0 amide bonds. The summed E-state index contributed by atoms with van der Waals surface area (Å²) < 4.78 is 0. The molecule has 0 aliphatic carbocycles. The molecule has 0 saturated heterocycles. The van der Waals surface area contributed by atoms with Crippen LogP contribution in [0.25, 0.3) is 0 Å². The molecule has 1 radical (unpaired) electrons. The zero-order valence-corrected chi connectivity index (χ0v) is 9.16. The minimum absolute atomic E-state index is 0.284. The highest BCUT2D eigenvalue weighted by molar-refractivity contribution is 5.30. The molecule has 0 spiro atoms. The summed E-state index contributed by atoms with van der Waals surface area (Å²) in [6.45, 7) is 0. The van der Waals surface area contributed by atoms with E-state index >= 15 is 0 Å². The zero-order valence-electron chi connectivity index (χ0n) is 9.16. The fourth-order valence-corrected chi connectivity index (χ4v) is 1.82. The van der Waals surface area contributed by atoms with E-state index in [-0.39, 0.29) is 5.41 Å². The van der Waals surface area contributed by atoms with Gasteiger partial charge in [0.25, 0.3) is 0 Å². The maximum atomic E-state index is 5.42. The van der Waals surface area contributed by atoms with Gasteiger partial charge in [-0.1, -0.05) is 24.3 Å². The van der Waals surface area contributed by atoms with Crippen molar-refractivity contribution in [3.63, 3.8) is 0 Å². The molecule has 1 aromatic carbocycles. The van der Waals surface area contributed by atoms with Crippen LogP contribution in [0.3, 0.4) is 0 Å². The minimum atomic E-state index is -0.284. The lowest BCUT2D eigenvalue weighted by molar-refractivity contribution is 0.462. The average Bonchev–Trinajstić information content (AvgIpc) is 2.31. The van der Waals surface area contributed by atoms with Gasteiger partial charge in [-0.25, -0.2) is 0 Å². The molecule has 0 aromatic heterocycles. The Bertz CT molecular complexity index is 405. The molecule has 0 heterocycles. The molecule has 0 bridgehead atoms. The van der Waals surface area contributed by atoms with Gasteiger partial charge in [0, 0.05) is 24.7 Å². The van der Waals surface area contributed by atoms with E-state index in [1.165, 1.54) is 0 Å². The Hall–Kier alpha value is -2.10. The maximum Gasteiger partial charge on any atom is 0.0280 e. The van der Waals surface area contributed by atoms with Crippen molar-refractivity contribution in [2.45, 2.75) is 24.7 Å². The summed E-state index contributed by atoms with van der Waals surface area (Å²) >= 11 is 0. The van der Waals surface area contributed by atoms with Crippen LogP contribution in [-0.4, -0.2) is 0 Å². The van der Waals surface area contributed by atoms with Gasteiger partial charge in [0.1, 0.15) is 0 Å². The van der Waals surface area contributed by atoms with Gasteiger partial charge in [-0.05, 0) is 11.6 Å². The normalized spacial score (nSPS) is 9.81. The highest BCUT2D eigenvalue weighted by atomic mass is 14.3. The first-order valence-corrected chi connectivity index (χ1v) is 5.06. The molecule has 0 aliphatic heterocycles. The van der Waals surface area contributed by atoms with E-state index in [0.717, 1.165) is 5.56 Å². The Balaban J connectivity index is 3.18. The Morgan fingerprint density at radius 1 is 0.938 bits per heavy atom. The first-order chi connectivity index (χ1) is 7.79. The fraction of sp³-hybridized carbons (Fsp3) is 0.250. The topological polar surface area (TPSA) is 0 Å². The van der Waals surface area contributed by atoms with Crippen molar-refractivity contribution in [2.75, 3.05) is 0 Å². The van der Waals surface area contributed by atoms with Crippen molar-refractivity contribution in [3.05, 3.63) is 35.9 Å². The highest BCUT2D eigenvalue weighted by Gasteiger charge is 2.29. The van der Waals surface area contributed by atoms with E-state index in [0.29, 0.717) is 19.3 Å². The van der Waals surface area contributed by atoms with Crippen LogP contribution >= 0.6 is 0 Å². The molecule has 16 heavy (non-hydrogen) atoms. The summed E-state index contributed by atoms with van der Waals surface area (Å²) in [4.78, 5) is 0. The minimum Gasteiger partial charge on any atom is -0.120 e. The number of benzene rings is 1. The molecule has 0 fully saturated rings. The van der Waals surface area contributed by atoms with Gasteiger partial charge in [0.15, 0.2) is 0 Å². The zero-order chi connectivity index (χ0) is 11.9. The Labute approximate surface area is 98.1 Å². The monoisotopic (exact) mass is 205 g/mol. The molecule has 0 N–H and O–H groups in total. The van der Waals surface area contributed by atoms with Crippen LogP contribution < -0.4 is 0 Å². The van der Waals surface area contributed by atoms with Gasteiger partial charge in [0.2, 0.25) is 0 Å². The molecule has 1 aromatic rings. The Morgan fingerprint density at radius 3 is 1.75 bits per heavy atom. The average molecular weight is 205 g/mol. The lowest BCUT2D eigenvalue weighted by atomic mass is 9.73. The standard InChI is InChI=1S/C16H13/c1-4-12-16(13-5-2,14-6-3)15-10-8-7-9-11-15/h1-3,8-11H,12-14H2. The molecule has 1 rings (SSSR count). The molecule has 0 nitrogen and oxygen atoms in total. The van der Waals surface area contributed by atoms with E-state index in [1.54, 1.807) is 0 Å². The quantitative estimate of drug-likeness (QED) is 0.663. The van der Waals surface area contributed by atoms with Crippen LogP contribution in [0.5, 0.6) is 0 Å². The first-order valence-electron chi connectivity index (χ1n) is 5.06. The van der Waals surface area contributed by atoms with Crippen LogP contribution in [0.15, 0.2) is 24.3 Å². The molecule has 0 aliphatic rings. The summed E-state index contributed by atoms with van der Waals surface area (Å²) in [7, 11) is 0. The summed E-state index contributed by atoms with van der Waals surface area (Å²) in [6.07, 6.45) is 17.9. The summed E-state index contributed by atoms with van der Waals surface area (Å²) in [5, 5.41) is 0. The fourth-order valence-electron chi connectivity index (χ4n) is 1.82. The Morgan fingerprint density at radius 2 is 1.38 bits per heavy atom. The molecule has 0 unspecified atom stereocenters. The van der Waals surface area contributed by atoms with Crippen LogP contribution in [-0.2, 0) is 5.41 Å². The first kappa shape index (κ1) is 12.0. The largest absolute Gasteiger partial charge is 0.120 e. The highest BCUT2D eigenvalue weighted by Crippen LogP contribution is 2.34.